The largest absolute Gasteiger partial charge is 0.497 e. The van der Waals surface area contributed by atoms with Crippen molar-refractivity contribution in [2.75, 3.05) is 30.9 Å². The van der Waals surface area contributed by atoms with Crippen LogP contribution in [0.4, 0.5) is 11.4 Å². The number of ether oxygens (including phenoxy) is 1. The molecule has 2 rings (SSSR count). The Kier molecular flexibility index (Phi) is 4.31. The molecule has 0 aliphatic heterocycles. The summed E-state index contributed by atoms with van der Waals surface area (Å²) in [5.74, 6) is 0.806. The van der Waals surface area contributed by atoms with Gasteiger partial charge in [0.05, 0.1) is 25.1 Å². The fraction of sp³-hybridized carbons (Fsp3) is 0.571. The number of nitrogens with zero attached hydrogens (tertiary/aromatic N) is 1. The van der Waals surface area contributed by atoms with Crippen molar-refractivity contribution < 1.29 is 9.84 Å². The van der Waals surface area contributed by atoms with Gasteiger partial charge in [0.1, 0.15) is 5.75 Å². The van der Waals surface area contributed by atoms with Crippen molar-refractivity contribution in [1.82, 2.24) is 0 Å². The predicted molar refractivity (Wildman–Crippen MR) is 74.1 cm³/mol. The molecule has 18 heavy (non-hydrogen) atoms. The van der Waals surface area contributed by atoms with Crippen LogP contribution in [0.5, 0.6) is 5.75 Å². The van der Waals surface area contributed by atoms with Gasteiger partial charge in [0.2, 0.25) is 0 Å². The Balaban J connectivity index is 2.28. The van der Waals surface area contributed by atoms with Crippen LogP contribution in [0.1, 0.15) is 25.7 Å². The molecule has 1 aliphatic carbocycles. The van der Waals surface area contributed by atoms with Gasteiger partial charge >= 0.3 is 0 Å². The van der Waals surface area contributed by atoms with E-state index in [9.17, 15) is 5.11 Å². The Morgan fingerprint density at radius 1 is 1.39 bits per heavy atom. The predicted octanol–water partition coefficient (Wildman–Crippen LogP) is 2.02. The Morgan fingerprint density at radius 3 is 2.72 bits per heavy atom. The van der Waals surface area contributed by atoms with Gasteiger partial charge in [0.25, 0.3) is 0 Å². The first-order valence-corrected chi connectivity index (χ1v) is 6.57. The van der Waals surface area contributed by atoms with E-state index in [2.05, 4.69) is 4.90 Å². The zero-order valence-corrected chi connectivity index (χ0v) is 10.9. The molecular formula is C14H22N2O2. The van der Waals surface area contributed by atoms with E-state index in [4.69, 9.17) is 10.5 Å². The average Bonchev–Trinajstić information content (AvgIpc) is 2.91. The van der Waals surface area contributed by atoms with Crippen molar-refractivity contribution in [2.24, 2.45) is 0 Å². The van der Waals surface area contributed by atoms with Crippen molar-refractivity contribution in [3.8, 4) is 5.75 Å². The van der Waals surface area contributed by atoms with Crippen molar-refractivity contribution >= 4 is 11.4 Å². The molecule has 1 aromatic rings. The van der Waals surface area contributed by atoms with E-state index in [0.717, 1.165) is 17.1 Å². The number of aliphatic hydroxyl groups is 1. The third-order valence-electron chi connectivity index (χ3n) is 3.65. The first-order valence-electron chi connectivity index (χ1n) is 6.57. The molecule has 0 radical (unpaired) electrons. The minimum atomic E-state index is 0.146. The van der Waals surface area contributed by atoms with E-state index < -0.39 is 0 Å². The topological polar surface area (TPSA) is 58.7 Å². The first-order chi connectivity index (χ1) is 8.76. The molecule has 1 fully saturated rings. The molecule has 1 aliphatic rings. The lowest BCUT2D eigenvalue weighted by atomic mass is 10.1. The van der Waals surface area contributed by atoms with Crippen LogP contribution in [0.3, 0.4) is 0 Å². The summed E-state index contributed by atoms with van der Waals surface area (Å²) in [7, 11) is 1.65. The number of anilines is 2. The standard InChI is InChI=1S/C14H22N2O2/c1-18-12-6-7-13(15)14(10-12)16(8-9-17)11-4-2-3-5-11/h6-7,10-11,17H,2-5,8-9,15H2,1H3. The number of benzene rings is 1. The summed E-state index contributed by atoms with van der Waals surface area (Å²) in [4.78, 5) is 2.23. The third-order valence-corrected chi connectivity index (χ3v) is 3.65. The summed E-state index contributed by atoms with van der Waals surface area (Å²) in [6, 6.07) is 6.19. The molecule has 0 aromatic heterocycles. The monoisotopic (exact) mass is 250 g/mol. The maximum Gasteiger partial charge on any atom is 0.121 e. The van der Waals surface area contributed by atoms with E-state index in [1.165, 1.54) is 25.7 Å². The van der Waals surface area contributed by atoms with Gasteiger partial charge in [0.15, 0.2) is 0 Å². The number of methoxy groups -OCH3 is 1. The molecule has 0 atom stereocenters. The Morgan fingerprint density at radius 2 is 2.11 bits per heavy atom. The van der Waals surface area contributed by atoms with Crippen molar-refractivity contribution in [3.63, 3.8) is 0 Å². The third kappa shape index (κ3) is 2.70. The van der Waals surface area contributed by atoms with Crippen LogP contribution in [-0.4, -0.2) is 31.4 Å². The normalized spacial score (nSPS) is 15.9. The highest BCUT2D eigenvalue weighted by molar-refractivity contribution is 5.70. The van der Waals surface area contributed by atoms with Crippen LogP contribution < -0.4 is 15.4 Å². The quantitative estimate of drug-likeness (QED) is 0.785. The minimum absolute atomic E-state index is 0.146. The number of rotatable bonds is 5. The summed E-state index contributed by atoms with van der Waals surface area (Å²) < 4.78 is 5.26. The summed E-state index contributed by atoms with van der Waals surface area (Å²) in [5, 5.41) is 9.26. The maximum atomic E-state index is 9.26. The summed E-state index contributed by atoms with van der Waals surface area (Å²) >= 11 is 0. The lowest BCUT2D eigenvalue weighted by Gasteiger charge is -2.31. The Bertz CT molecular complexity index is 389. The highest BCUT2D eigenvalue weighted by Gasteiger charge is 2.24. The van der Waals surface area contributed by atoms with Crippen LogP contribution in [0.2, 0.25) is 0 Å². The molecule has 1 saturated carbocycles. The second-order valence-electron chi connectivity index (χ2n) is 4.78. The first kappa shape index (κ1) is 13.0. The van der Waals surface area contributed by atoms with Crippen LogP contribution in [0.25, 0.3) is 0 Å². The molecule has 0 amide bonds. The van der Waals surface area contributed by atoms with Crippen molar-refractivity contribution in [3.05, 3.63) is 18.2 Å². The SMILES string of the molecule is COc1ccc(N)c(N(CCO)C2CCCC2)c1. The van der Waals surface area contributed by atoms with Gasteiger partial charge in [0, 0.05) is 18.7 Å². The highest BCUT2D eigenvalue weighted by atomic mass is 16.5. The average molecular weight is 250 g/mol. The molecule has 4 heteroatoms. The highest BCUT2D eigenvalue weighted by Crippen LogP contribution is 2.33. The molecule has 0 saturated heterocycles. The second-order valence-corrected chi connectivity index (χ2v) is 4.78. The Labute approximate surface area is 108 Å². The lowest BCUT2D eigenvalue weighted by molar-refractivity contribution is 0.297. The van der Waals surface area contributed by atoms with Gasteiger partial charge in [-0.25, -0.2) is 0 Å². The zero-order chi connectivity index (χ0) is 13.0. The van der Waals surface area contributed by atoms with E-state index >= 15 is 0 Å². The molecule has 0 unspecified atom stereocenters. The molecule has 100 valence electrons. The van der Waals surface area contributed by atoms with E-state index in [1.807, 2.05) is 18.2 Å². The molecule has 0 heterocycles. The van der Waals surface area contributed by atoms with Gasteiger partial charge in [-0.1, -0.05) is 12.8 Å². The van der Waals surface area contributed by atoms with Gasteiger partial charge in [-0.15, -0.1) is 0 Å². The molecule has 0 bridgehead atoms. The van der Waals surface area contributed by atoms with Crippen LogP contribution in [0.15, 0.2) is 18.2 Å². The van der Waals surface area contributed by atoms with E-state index in [1.54, 1.807) is 7.11 Å². The number of hydrogen-bond acceptors (Lipinski definition) is 4. The number of nitrogens with two attached hydrogens (primary N) is 1. The minimum Gasteiger partial charge on any atom is -0.497 e. The van der Waals surface area contributed by atoms with E-state index in [-0.39, 0.29) is 6.61 Å². The zero-order valence-electron chi connectivity index (χ0n) is 10.9. The number of nitrogen functional groups attached to an aromatic ring is 1. The molecule has 4 nitrogen and oxygen atoms in total. The maximum absolute atomic E-state index is 9.26. The van der Waals surface area contributed by atoms with Crippen LogP contribution >= 0.6 is 0 Å². The lowest BCUT2D eigenvalue weighted by Crippen LogP contribution is -2.36. The fourth-order valence-corrected chi connectivity index (χ4v) is 2.72. The number of hydrogen-bond donors (Lipinski definition) is 2. The fourth-order valence-electron chi connectivity index (χ4n) is 2.72. The summed E-state index contributed by atoms with van der Waals surface area (Å²) in [6.45, 7) is 0.773. The van der Waals surface area contributed by atoms with Gasteiger partial charge < -0.3 is 20.5 Å². The molecular weight excluding hydrogens is 228 g/mol. The van der Waals surface area contributed by atoms with Gasteiger partial charge in [-0.3, -0.25) is 0 Å². The smallest absolute Gasteiger partial charge is 0.121 e. The molecule has 0 spiro atoms. The van der Waals surface area contributed by atoms with E-state index in [0.29, 0.717) is 12.6 Å². The summed E-state index contributed by atoms with van der Waals surface area (Å²) in [6.07, 6.45) is 4.88. The molecule has 3 N–H and O–H groups in total. The van der Waals surface area contributed by atoms with Gasteiger partial charge in [-0.2, -0.15) is 0 Å². The second kappa shape index (κ2) is 5.96. The van der Waals surface area contributed by atoms with Crippen LogP contribution in [0, 0.1) is 0 Å². The van der Waals surface area contributed by atoms with Crippen LogP contribution in [-0.2, 0) is 0 Å². The summed E-state index contributed by atoms with van der Waals surface area (Å²) in [5.41, 5.74) is 7.79. The molecule has 1 aromatic carbocycles. The Hall–Kier alpha value is -1.42. The number of aliphatic hydroxyl groups excluding tert-OH is 1. The van der Waals surface area contributed by atoms with Crippen molar-refractivity contribution in [2.45, 2.75) is 31.7 Å². The van der Waals surface area contributed by atoms with Crippen molar-refractivity contribution in [1.29, 1.82) is 0 Å². The van der Waals surface area contributed by atoms with Gasteiger partial charge in [-0.05, 0) is 25.0 Å².